The summed E-state index contributed by atoms with van der Waals surface area (Å²) in [5, 5.41) is 9.76. The second-order valence-electron chi connectivity index (χ2n) is 5.43. The van der Waals surface area contributed by atoms with Gasteiger partial charge in [0.05, 0.1) is 5.56 Å². The minimum Gasteiger partial charge on any atom is -0.507 e. The van der Waals surface area contributed by atoms with Crippen LogP contribution in [-0.2, 0) is 0 Å². The molecule has 0 spiro atoms. The average molecular weight is 247 g/mol. The van der Waals surface area contributed by atoms with Gasteiger partial charge in [-0.25, -0.2) is 0 Å². The Morgan fingerprint density at radius 3 is 2.61 bits per heavy atom. The molecule has 1 aliphatic carbocycles. The van der Waals surface area contributed by atoms with Crippen molar-refractivity contribution in [3.05, 3.63) is 29.8 Å². The molecule has 0 aromatic heterocycles. The number of nitrogens with zero attached hydrogens (tertiary/aromatic N) is 1. The molecule has 0 heterocycles. The first-order chi connectivity index (χ1) is 8.59. The van der Waals surface area contributed by atoms with Crippen molar-refractivity contribution in [1.29, 1.82) is 0 Å². The summed E-state index contributed by atoms with van der Waals surface area (Å²) in [6.07, 6.45) is 3.20. The topological polar surface area (TPSA) is 40.5 Å². The van der Waals surface area contributed by atoms with Gasteiger partial charge >= 0.3 is 0 Å². The lowest BCUT2D eigenvalue weighted by molar-refractivity contribution is 0.0732. The van der Waals surface area contributed by atoms with Gasteiger partial charge in [-0.05, 0) is 37.3 Å². The predicted molar refractivity (Wildman–Crippen MR) is 71.6 cm³/mol. The highest BCUT2D eigenvalue weighted by atomic mass is 16.3. The summed E-state index contributed by atoms with van der Waals surface area (Å²) in [7, 11) is 0. The molecule has 0 bridgehead atoms. The van der Waals surface area contributed by atoms with Crippen molar-refractivity contribution in [1.82, 2.24) is 4.90 Å². The monoisotopic (exact) mass is 247 g/mol. The number of para-hydroxylation sites is 1. The molecule has 1 aromatic carbocycles. The van der Waals surface area contributed by atoms with Crippen LogP contribution < -0.4 is 0 Å². The molecule has 0 radical (unpaired) electrons. The molecule has 0 aliphatic heterocycles. The van der Waals surface area contributed by atoms with E-state index >= 15 is 0 Å². The molecule has 1 aliphatic rings. The molecule has 2 rings (SSSR count). The van der Waals surface area contributed by atoms with Crippen LogP contribution in [0.1, 0.15) is 43.5 Å². The number of aromatic hydroxyl groups is 1. The first kappa shape index (κ1) is 12.9. The summed E-state index contributed by atoms with van der Waals surface area (Å²) in [4.78, 5) is 14.4. The van der Waals surface area contributed by atoms with Crippen molar-refractivity contribution in [3.63, 3.8) is 0 Å². The Kier molecular flexibility index (Phi) is 3.90. The lowest BCUT2D eigenvalue weighted by Crippen LogP contribution is -2.34. The molecule has 98 valence electrons. The van der Waals surface area contributed by atoms with E-state index < -0.39 is 0 Å². The third-order valence-electron chi connectivity index (χ3n) is 3.33. The van der Waals surface area contributed by atoms with E-state index in [2.05, 4.69) is 13.8 Å². The third-order valence-corrected chi connectivity index (χ3v) is 3.33. The highest BCUT2D eigenvalue weighted by molar-refractivity contribution is 5.97. The van der Waals surface area contributed by atoms with Crippen molar-refractivity contribution in [2.75, 3.05) is 6.54 Å². The molecule has 1 aromatic rings. The largest absolute Gasteiger partial charge is 0.507 e. The lowest BCUT2D eigenvalue weighted by atomic mass is 10.1. The van der Waals surface area contributed by atoms with Crippen molar-refractivity contribution >= 4 is 5.91 Å². The zero-order valence-electron chi connectivity index (χ0n) is 11.1. The number of phenolic OH excluding ortho intramolecular Hbond substituents is 1. The van der Waals surface area contributed by atoms with Crippen LogP contribution in [0.2, 0.25) is 0 Å². The second-order valence-corrected chi connectivity index (χ2v) is 5.43. The van der Waals surface area contributed by atoms with Crippen LogP contribution >= 0.6 is 0 Å². The molecule has 18 heavy (non-hydrogen) atoms. The van der Waals surface area contributed by atoms with Gasteiger partial charge in [0.25, 0.3) is 5.91 Å². The molecule has 3 nitrogen and oxygen atoms in total. The first-order valence-corrected chi connectivity index (χ1v) is 6.68. The first-order valence-electron chi connectivity index (χ1n) is 6.68. The number of benzene rings is 1. The average Bonchev–Trinajstić information content (AvgIpc) is 3.13. The zero-order chi connectivity index (χ0) is 13.1. The van der Waals surface area contributed by atoms with Crippen molar-refractivity contribution in [2.45, 2.75) is 39.2 Å². The number of carbonyl (C=O) groups is 1. The van der Waals surface area contributed by atoms with Gasteiger partial charge in [0.2, 0.25) is 0 Å². The van der Waals surface area contributed by atoms with Crippen LogP contribution in [0, 0.1) is 5.92 Å². The molecular weight excluding hydrogens is 226 g/mol. The number of phenols is 1. The summed E-state index contributed by atoms with van der Waals surface area (Å²) in [5.41, 5.74) is 0.424. The Morgan fingerprint density at radius 1 is 1.39 bits per heavy atom. The molecule has 0 saturated heterocycles. The van der Waals surface area contributed by atoms with Crippen LogP contribution in [0.3, 0.4) is 0 Å². The fourth-order valence-electron chi connectivity index (χ4n) is 2.04. The van der Waals surface area contributed by atoms with E-state index in [1.165, 1.54) is 0 Å². The maximum atomic E-state index is 12.4. The Balaban J connectivity index is 2.11. The molecule has 1 fully saturated rings. The van der Waals surface area contributed by atoms with Gasteiger partial charge in [0, 0.05) is 12.6 Å². The SMILES string of the molecule is CC(C)CCN(C(=O)c1ccccc1O)C1CC1. The van der Waals surface area contributed by atoms with Gasteiger partial charge in [0.15, 0.2) is 0 Å². The Labute approximate surface area is 108 Å². The van der Waals surface area contributed by atoms with Crippen molar-refractivity contribution in [2.24, 2.45) is 5.92 Å². The van der Waals surface area contributed by atoms with Gasteiger partial charge in [0.1, 0.15) is 5.75 Å². The normalized spacial score (nSPS) is 14.8. The highest BCUT2D eigenvalue weighted by Crippen LogP contribution is 2.30. The van der Waals surface area contributed by atoms with Crippen LogP contribution in [0.15, 0.2) is 24.3 Å². The number of rotatable bonds is 5. The van der Waals surface area contributed by atoms with Gasteiger partial charge in [-0.1, -0.05) is 26.0 Å². The fraction of sp³-hybridized carbons (Fsp3) is 0.533. The predicted octanol–water partition coefficient (Wildman–Crippen LogP) is 3.04. The van der Waals surface area contributed by atoms with Gasteiger partial charge in [-0.15, -0.1) is 0 Å². The molecule has 1 amide bonds. The van der Waals surface area contributed by atoms with Crippen LogP contribution in [0.4, 0.5) is 0 Å². The van der Waals surface area contributed by atoms with Crippen molar-refractivity contribution < 1.29 is 9.90 Å². The van der Waals surface area contributed by atoms with E-state index in [9.17, 15) is 9.90 Å². The quantitative estimate of drug-likeness (QED) is 0.868. The van der Waals surface area contributed by atoms with E-state index in [1.54, 1.807) is 24.3 Å². The highest BCUT2D eigenvalue weighted by Gasteiger charge is 2.33. The molecule has 1 saturated carbocycles. The van der Waals surface area contributed by atoms with Gasteiger partial charge < -0.3 is 10.0 Å². The molecular formula is C15H21NO2. The van der Waals surface area contributed by atoms with E-state index in [4.69, 9.17) is 0 Å². The van der Waals surface area contributed by atoms with E-state index in [0.717, 1.165) is 25.8 Å². The summed E-state index contributed by atoms with van der Waals surface area (Å²) in [5.74, 6) is 0.636. The van der Waals surface area contributed by atoms with Crippen LogP contribution in [0.5, 0.6) is 5.75 Å². The summed E-state index contributed by atoms with van der Waals surface area (Å²) >= 11 is 0. The van der Waals surface area contributed by atoms with E-state index in [0.29, 0.717) is 17.5 Å². The van der Waals surface area contributed by atoms with E-state index in [1.807, 2.05) is 4.90 Å². The summed E-state index contributed by atoms with van der Waals surface area (Å²) < 4.78 is 0. The zero-order valence-corrected chi connectivity index (χ0v) is 11.1. The maximum Gasteiger partial charge on any atom is 0.257 e. The third kappa shape index (κ3) is 3.03. The van der Waals surface area contributed by atoms with Gasteiger partial charge in [-0.3, -0.25) is 4.79 Å². The standard InChI is InChI=1S/C15H21NO2/c1-11(2)9-10-16(12-7-8-12)15(18)13-5-3-4-6-14(13)17/h3-6,11-12,17H,7-10H2,1-2H3. The summed E-state index contributed by atoms with van der Waals surface area (Å²) in [6.45, 7) is 5.11. The number of hydrogen-bond acceptors (Lipinski definition) is 2. The number of amides is 1. The minimum atomic E-state index is -0.0312. The smallest absolute Gasteiger partial charge is 0.257 e. The second kappa shape index (κ2) is 5.42. The Bertz CT molecular complexity index is 424. The lowest BCUT2D eigenvalue weighted by Gasteiger charge is -2.23. The van der Waals surface area contributed by atoms with Crippen molar-refractivity contribution in [3.8, 4) is 5.75 Å². The molecule has 0 atom stereocenters. The summed E-state index contributed by atoms with van der Waals surface area (Å²) in [6, 6.07) is 7.18. The van der Waals surface area contributed by atoms with Gasteiger partial charge in [-0.2, -0.15) is 0 Å². The Morgan fingerprint density at radius 2 is 2.06 bits per heavy atom. The van der Waals surface area contributed by atoms with E-state index in [-0.39, 0.29) is 11.7 Å². The minimum absolute atomic E-state index is 0.0312. The molecule has 3 heteroatoms. The number of hydrogen-bond donors (Lipinski definition) is 1. The molecule has 0 unspecified atom stereocenters. The van der Waals surface area contributed by atoms with Crippen LogP contribution in [0.25, 0.3) is 0 Å². The fourth-order valence-corrected chi connectivity index (χ4v) is 2.04. The number of carbonyl (C=O) groups excluding carboxylic acids is 1. The maximum absolute atomic E-state index is 12.4. The molecule has 1 N–H and O–H groups in total. The van der Waals surface area contributed by atoms with Crippen LogP contribution in [-0.4, -0.2) is 28.5 Å². The Hall–Kier alpha value is -1.51.